The minimum absolute atomic E-state index is 0.0596. The molecular weight excluding hydrogens is 366 g/mol. The highest BCUT2D eigenvalue weighted by Gasteiger charge is 2.32. The molecule has 2 aromatic rings. The molecule has 1 aliphatic rings. The molecule has 29 heavy (non-hydrogen) atoms. The van der Waals surface area contributed by atoms with Crippen LogP contribution in [-0.2, 0) is 16.0 Å². The second-order valence-electron chi connectivity index (χ2n) is 7.51. The second kappa shape index (κ2) is 10.2. The van der Waals surface area contributed by atoms with E-state index in [4.69, 9.17) is 0 Å². The molecular formula is C22H32N5O2+. The SMILES string of the molecule is CC[NH+](CC)CCCNC(=O)CC(C(=O)N1CCc2ccccc21)n1ccnc1. The predicted octanol–water partition coefficient (Wildman–Crippen LogP) is 0.835. The molecule has 1 aromatic heterocycles. The van der Waals surface area contributed by atoms with Crippen molar-refractivity contribution in [3.63, 3.8) is 0 Å². The van der Waals surface area contributed by atoms with E-state index in [1.165, 1.54) is 10.5 Å². The Hall–Kier alpha value is -2.67. The first-order valence-corrected chi connectivity index (χ1v) is 10.6. The van der Waals surface area contributed by atoms with Gasteiger partial charge in [0.2, 0.25) is 5.91 Å². The molecule has 7 heteroatoms. The Morgan fingerprint density at radius 2 is 2.03 bits per heavy atom. The number of hydrogen-bond donors (Lipinski definition) is 2. The number of amides is 2. The van der Waals surface area contributed by atoms with Crippen molar-refractivity contribution in [1.29, 1.82) is 0 Å². The lowest BCUT2D eigenvalue weighted by Gasteiger charge is -2.24. The van der Waals surface area contributed by atoms with Gasteiger partial charge in [0.15, 0.2) is 0 Å². The largest absolute Gasteiger partial charge is 0.356 e. The van der Waals surface area contributed by atoms with Crippen LogP contribution >= 0.6 is 0 Å². The van der Waals surface area contributed by atoms with Crippen molar-refractivity contribution in [2.45, 2.75) is 39.2 Å². The molecule has 7 nitrogen and oxygen atoms in total. The number of imidazole rings is 1. The van der Waals surface area contributed by atoms with Gasteiger partial charge in [-0.15, -0.1) is 0 Å². The number of benzene rings is 1. The number of nitrogens with zero attached hydrogens (tertiary/aromatic N) is 3. The fourth-order valence-corrected chi connectivity index (χ4v) is 3.94. The smallest absolute Gasteiger partial charge is 0.250 e. The van der Waals surface area contributed by atoms with Crippen LogP contribution in [0.25, 0.3) is 0 Å². The van der Waals surface area contributed by atoms with E-state index >= 15 is 0 Å². The minimum Gasteiger partial charge on any atom is -0.356 e. The number of fused-ring (bicyclic) bond motifs is 1. The standard InChI is InChI=1S/C22H31N5O2/c1-3-25(4-2)13-7-11-24-21(28)16-20(26-15-12-23-17-26)22(29)27-14-10-18-8-5-6-9-19(18)27/h5-6,8-9,12,15,17,20H,3-4,7,10-11,13-14,16H2,1-2H3,(H,24,28)/p+1. The molecule has 1 unspecified atom stereocenters. The fourth-order valence-electron chi connectivity index (χ4n) is 3.94. The topological polar surface area (TPSA) is 71.7 Å². The molecule has 0 radical (unpaired) electrons. The van der Waals surface area contributed by atoms with Crippen molar-refractivity contribution < 1.29 is 14.5 Å². The maximum Gasteiger partial charge on any atom is 0.250 e. The molecule has 0 saturated heterocycles. The third-order valence-electron chi connectivity index (χ3n) is 5.73. The van der Waals surface area contributed by atoms with Crippen LogP contribution in [0.15, 0.2) is 43.0 Å². The number of nitrogens with one attached hydrogen (secondary N) is 2. The summed E-state index contributed by atoms with van der Waals surface area (Å²) in [5, 5.41) is 2.99. The summed E-state index contributed by atoms with van der Waals surface area (Å²) in [7, 11) is 0. The Kier molecular flexibility index (Phi) is 7.41. The van der Waals surface area contributed by atoms with E-state index in [-0.39, 0.29) is 18.2 Å². The highest BCUT2D eigenvalue weighted by atomic mass is 16.2. The Bertz CT molecular complexity index is 801. The van der Waals surface area contributed by atoms with Gasteiger partial charge < -0.3 is 19.7 Å². The fraction of sp³-hybridized carbons (Fsp3) is 0.500. The predicted molar refractivity (Wildman–Crippen MR) is 113 cm³/mol. The maximum absolute atomic E-state index is 13.3. The number of para-hydroxylation sites is 1. The van der Waals surface area contributed by atoms with E-state index in [2.05, 4.69) is 30.2 Å². The average molecular weight is 399 g/mol. The number of carbonyl (C=O) groups excluding carboxylic acids is 2. The first kappa shape index (κ1) is 21.0. The van der Waals surface area contributed by atoms with E-state index in [0.29, 0.717) is 13.1 Å². The van der Waals surface area contributed by atoms with Gasteiger partial charge in [-0.1, -0.05) is 18.2 Å². The molecule has 156 valence electrons. The zero-order valence-electron chi connectivity index (χ0n) is 17.4. The van der Waals surface area contributed by atoms with Gasteiger partial charge in [0.05, 0.1) is 32.4 Å². The molecule has 1 aromatic carbocycles. The number of aromatic nitrogens is 2. The van der Waals surface area contributed by atoms with Gasteiger partial charge in [-0.2, -0.15) is 0 Å². The van der Waals surface area contributed by atoms with Gasteiger partial charge in [-0.3, -0.25) is 9.59 Å². The second-order valence-corrected chi connectivity index (χ2v) is 7.51. The van der Waals surface area contributed by atoms with Crippen molar-refractivity contribution in [2.75, 3.05) is 37.6 Å². The number of quaternary nitrogens is 1. The van der Waals surface area contributed by atoms with Gasteiger partial charge in [0.1, 0.15) is 6.04 Å². The molecule has 0 aliphatic carbocycles. The lowest BCUT2D eigenvalue weighted by molar-refractivity contribution is -0.896. The van der Waals surface area contributed by atoms with Gasteiger partial charge in [-0.25, -0.2) is 4.98 Å². The van der Waals surface area contributed by atoms with E-state index < -0.39 is 6.04 Å². The zero-order chi connectivity index (χ0) is 20.6. The minimum atomic E-state index is -0.586. The van der Waals surface area contributed by atoms with Crippen molar-refractivity contribution in [2.24, 2.45) is 0 Å². The molecule has 1 aliphatic heterocycles. The summed E-state index contributed by atoms with van der Waals surface area (Å²) in [4.78, 5) is 33.3. The van der Waals surface area contributed by atoms with E-state index in [1.54, 1.807) is 28.2 Å². The first-order valence-electron chi connectivity index (χ1n) is 10.6. The van der Waals surface area contributed by atoms with Crippen LogP contribution in [-0.4, -0.2) is 54.1 Å². The zero-order valence-corrected chi connectivity index (χ0v) is 17.4. The Balaban J connectivity index is 1.61. The third kappa shape index (κ3) is 5.23. The summed E-state index contributed by atoms with van der Waals surface area (Å²) in [6.45, 7) is 8.88. The van der Waals surface area contributed by atoms with Gasteiger partial charge in [0.25, 0.3) is 5.91 Å². The van der Waals surface area contributed by atoms with Crippen molar-refractivity contribution in [3.8, 4) is 0 Å². The molecule has 2 amide bonds. The summed E-state index contributed by atoms with van der Waals surface area (Å²) in [5.41, 5.74) is 2.12. The Morgan fingerprint density at radius 3 is 2.76 bits per heavy atom. The Labute approximate surface area is 172 Å². The summed E-state index contributed by atoms with van der Waals surface area (Å²) in [5.74, 6) is -0.158. The van der Waals surface area contributed by atoms with Crippen LogP contribution in [0.4, 0.5) is 5.69 Å². The molecule has 3 rings (SSSR count). The number of hydrogen-bond acceptors (Lipinski definition) is 3. The van der Waals surface area contributed by atoms with Crippen LogP contribution in [0.2, 0.25) is 0 Å². The van der Waals surface area contributed by atoms with Crippen LogP contribution < -0.4 is 15.1 Å². The maximum atomic E-state index is 13.3. The quantitative estimate of drug-likeness (QED) is 0.583. The van der Waals surface area contributed by atoms with Crippen LogP contribution in [0.1, 0.15) is 38.3 Å². The van der Waals surface area contributed by atoms with Gasteiger partial charge >= 0.3 is 0 Å². The summed E-state index contributed by atoms with van der Waals surface area (Å²) in [6.07, 6.45) is 6.91. The van der Waals surface area contributed by atoms with Crippen molar-refractivity contribution in [1.82, 2.24) is 14.9 Å². The van der Waals surface area contributed by atoms with Crippen molar-refractivity contribution in [3.05, 3.63) is 48.5 Å². The van der Waals surface area contributed by atoms with Crippen molar-refractivity contribution >= 4 is 17.5 Å². The molecule has 1 atom stereocenters. The normalized spacial score (nSPS) is 14.1. The highest BCUT2D eigenvalue weighted by Crippen LogP contribution is 2.30. The summed E-state index contributed by atoms with van der Waals surface area (Å²) >= 11 is 0. The molecule has 0 bridgehead atoms. The summed E-state index contributed by atoms with van der Waals surface area (Å²) in [6, 6.07) is 7.38. The monoisotopic (exact) mass is 398 g/mol. The van der Waals surface area contributed by atoms with Gasteiger partial charge in [-0.05, 0) is 31.9 Å². The Morgan fingerprint density at radius 1 is 1.24 bits per heavy atom. The summed E-state index contributed by atoms with van der Waals surface area (Å²) < 4.78 is 1.74. The lowest BCUT2D eigenvalue weighted by Crippen LogP contribution is -3.11. The van der Waals surface area contributed by atoms with Crippen LogP contribution in [0, 0.1) is 0 Å². The highest BCUT2D eigenvalue weighted by molar-refractivity contribution is 6.00. The number of anilines is 1. The molecule has 0 spiro atoms. The van der Waals surface area contributed by atoms with E-state index in [0.717, 1.165) is 38.2 Å². The first-order chi connectivity index (χ1) is 14.1. The third-order valence-corrected chi connectivity index (χ3v) is 5.73. The average Bonchev–Trinajstić information content (AvgIpc) is 3.41. The van der Waals surface area contributed by atoms with Gasteiger partial charge in [0, 0.05) is 37.6 Å². The van der Waals surface area contributed by atoms with E-state index in [9.17, 15) is 9.59 Å². The number of rotatable bonds is 10. The van der Waals surface area contributed by atoms with E-state index in [1.807, 2.05) is 18.2 Å². The number of carbonyl (C=O) groups is 2. The molecule has 2 N–H and O–H groups in total. The molecule has 0 saturated carbocycles. The van der Waals surface area contributed by atoms with Crippen LogP contribution in [0.5, 0.6) is 0 Å². The molecule has 0 fully saturated rings. The van der Waals surface area contributed by atoms with Crippen LogP contribution in [0.3, 0.4) is 0 Å². The molecule has 2 heterocycles. The lowest BCUT2D eigenvalue weighted by atomic mass is 10.1.